The second-order valence-corrected chi connectivity index (χ2v) is 9.36. The first-order valence-corrected chi connectivity index (χ1v) is 11.3. The Morgan fingerprint density at radius 1 is 1.30 bits per heavy atom. The van der Waals surface area contributed by atoms with Crippen LogP contribution in [-0.2, 0) is 19.3 Å². The number of rotatable bonds is 6. The van der Waals surface area contributed by atoms with Crippen LogP contribution in [0.25, 0.3) is 0 Å². The number of halogens is 1. The zero-order chi connectivity index (χ0) is 19.4. The number of carbonyl (C=O) groups excluding carboxylic acids is 1. The summed E-state index contributed by atoms with van der Waals surface area (Å²) in [5.41, 5.74) is 0.281. The van der Waals surface area contributed by atoms with E-state index in [0.717, 1.165) is 32.4 Å². The Morgan fingerprint density at radius 3 is 2.67 bits per heavy atom. The van der Waals surface area contributed by atoms with Crippen molar-refractivity contribution in [1.82, 2.24) is 10.2 Å². The summed E-state index contributed by atoms with van der Waals surface area (Å²) in [6.07, 6.45) is 2.04. The van der Waals surface area contributed by atoms with Gasteiger partial charge in [-0.15, -0.1) is 0 Å². The third-order valence-electron chi connectivity index (χ3n) is 5.09. The molecule has 2 aliphatic rings. The maximum Gasteiger partial charge on any atom is 0.251 e. The number of nitrogens with zero attached hydrogens (tertiary/aromatic N) is 1. The van der Waals surface area contributed by atoms with Gasteiger partial charge in [-0.2, -0.15) is 0 Å². The summed E-state index contributed by atoms with van der Waals surface area (Å²) in [6.45, 7) is 4.95. The number of ether oxygens (including phenoxy) is 2. The lowest BCUT2D eigenvalue weighted by molar-refractivity contribution is 0.00166. The van der Waals surface area contributed by atoms with E-state index in [9.17, 15) is 13.2 Å². The van der Waals surface area contributed by atoms with E-state index < -0.39 is 9.84 Å². The van der Waals surface area contributed by atoms with Crippen LogP contribution in [0.5, 0.6) is 0 Å². The topological polar surface area (TPSA) is 84.9 Å². The molecule has 0 spiro atoms. The highest BCUT2D eigenvalue weighted by Gasteiger charge is 2.32. The number of morpholine rings is 1. The Hall–Kier alpha value is -1.19. The Labute approximate surface area is 164 Å². The minimum absolute atomic E-state index is 0.0364. The molecule has 2 aliphatic heterocycles. The smallest absolute Gasteiger partial charge is 0.251 e. The number of nitrogens with one attached hydrogen (secondary N) is 1. The van der Waals surface area contributed by atoms with Crippen LogP contribution in [0.4, 0.5) is 0 Å². The Kier molecular flexibility index (Phi) is 6.75. The van der Waals surface area contributed by atoms with Gasteiger partial charge in [-0.05, 0) is 24.6 Å². The maximum absolute atomic E-state index is 12.6. The van der Waals surface area contributed by atoms with E-state index in [2.05, 4.69) is 10.2 Å². The monoisotopic (exact) mass is 416 g/mol. The SMILES string of the molecule is CS(=O)(=O)c1cc(C(=O)NCC(C2CCOC2)N2CCOCC2)ccc1Cl. The maximum atomic E-state index is 12.6. The summed E-state index contributed by atoms with van der Waals surface area (Å²) in [7, 11) is -3.50. The molecule has 9 heteroatoms. The van der Waals surface area contributed by atoms with Crippen LogP contribution in [0.3, 0.4) is 0 Å². The molecule has 2 unspecified atom stereocenters. The molecule has 0 radical (unpaired) electrons. The number of carbonyl (C=O) groups is 1. The van der Waals surface area contributed by atoms with Crippen molar-refractivity contribution in [3.63, 3.8) is 0 Å². The van der Waals surface area contributed by atoms with Crippen molar-refractivity contribution in [3.8, 4) is 0 Å². The van der Waals surface area contributed by atoms with Gasteiger partial charge in [-0.25, -0.2) is 8.42 Å². The van der Waals surface area contributed by atoms with Gasteiger partial charge in [0, 0.05) is 50.0 Å². The lowest BCUT2D eigenvalue weighted by Crippen LogP contribution is -2.52. The molecule has 2 atom stereocenters. The third-order valence-corrected chi connectivity index (χ3v) is 6.67. The molecule has 0 aromatic heterocycles. The summed E-state index contributed by atoms with van der Waals surface area (Å²) >= 11 is 5.96. The lowest BCUT2D eigenvalue weighted by Gasteiger charge is -2.37. The first-order valence-electron chi connectivity index (χ1n) is 9.03. The Morgan fingerprint density at radius 2 is 2.04 bits per heavy atom. The van der Waals surface area contributed by atoms with Gasteiger partial charge in [0.05, 0.1) is 29.7 Å². The van der Waals surface area contributed by atoms with Crippen molar-refractivity contribution < 1.29 is 22.7 Å². The molecule has 0 aliphatic carbocycles. The van der Waals surface area contributed by atoms with E-state index in [4.69, 9.17) is 21.1 Å². The Balaban J connectivity index is 1.70. The molecule has 1 amide bonds. The second-order valence-electron chi connectivity index (χ2n) is 6.97. The molecule has 2 fully saturated rings. The average molecular weight is 417 g/mol. The van der Waals surface area contributed by atoms with Crippen LogP contribution in [0, 0.1) is 5.92 Å². The predicted octanol–water partition coefficient (Wildman–Crippen LogP) is 1.21. The first-order chi connectivity index (χ1) is 12.9. The predicted molar refractivity (Wildman–Crippen MR) is 102 cm³/mol. The minimum Gasteiger partial charge on any atom is -0.381 e. The van der Waals surface area contributed by atoms with Crippen LogP contribution in [0.15, 0.2) is 23.1 Å². The number of benzene rings is 1. The van der Waals surface area contributed by atoms with Crippen molar-refractivity contribution in [2.45, 2.75) is 17.4 Å². The van der Waals surface area contributed by atoms with Crippen LogP contribution in [0.1, 0.15) is 16.8 Å². The quantitative estimate of drug-likeness (QED) is 0.750. The van der Waals surface area contributed by atoms with Crippen LogP contribution in [0.2, 0.25) is 5.02 Å². The molecule has 1 aromatic carbocycles. The Bertz CT molecular complexity index is 774. The van der Waals surface area contributed by atoms with Gasteiger partial charge in [-0.3, -0.25) is 9.69 Å². The zero-order valence-electron chi connectivity index (χ0n) is 15.3. The largest absolute Gasteiger partial charge is 0.381 e. The molecule has 1 N–H and O–H groups in total. The van der Waals surface area contributed by atoms with E-state index in [1.807, 2.05) is 0 Å². The minimum atomic E-state index is -3.50. The molecule has 0 bridgehead atoms. The van der Waals surface area contributed by atoms with Crippen molar-refractivity contribution in [1.29, 1.82) is 0 Å². The zero-order valence-corrected chi connectivity index (χ0v) is 16.9. The van der Waals surface area contributed by atoms with E-state index in [-0.39, 0.29) is 27.4 Å². The standard InChI is InChI=1S/C18H25ClN2O5S/c1-27(23,24)17-10-13(2-3-15(17)19)18(22)20-11-16(14-4-7-26-12-14)21-5-8-25-9-6-21/h2-3,10,14,16H,4-9,11-12H2,1H3,(H,20,22). The van der Waals surface area contributed by atoms with Crippen LogP contribution < -0.4 is 5.32 Å². The number of hydrogen-bond acceptors (Lipinski definition) is 6. The van der Waals surface area contributed by atoms with E-state index in [0.29, 0.717) is 32.3 Å². The van der Waals surface area contributed by atoms with Crippen molar-refractivity contribution >= 4 is 27.3 Å². The number of amides is 1. The fourth-order valence-electron chi connectivity index (χ4n) is 3.59. The molecule has 27 heavy (non-hydrogen) atoms. The fourth-order valence-corrected chi connectivity index (χ4v) is 4.89. The van der Waals surface area contributed by atoms with E-state index in [1.165, 1.54) is 18.2 Å². The molecule has 3 rings (SSSR count). The average Bonchev–Trinajstić information content (AvgIpc) is 3.16. The van der Waals surface area contributed by atoms with Crippen molar-refractivity contribution in [2.24, 2.45) is 5.92 Å². The fraction of sp³-hybridized carbons (Fsp3) is 0.611. The summed E-state index contributed by atoms with van der Waals surface area (Å²) in [4.78, 5) is 14.9. The summed E-state index contributed by atoms with van der Waals surface area (Å²) in [5.74, 6) is 0.0499. The molecule has 150 valence electrons. The first kappa shape index (κ1) is 20.5. The van der Waals surface area contributed by atoms with Gasteiger partial charge < -0.3 is 14.8 Å². The molecule has 1 aromatic rings. The van der Waals surface area contributed by atoms with Crippen molar-refractivity contribution in [2.75, 3.05) is 52.3 Å². The highest BCUT2D eigenvalue weighted by Crippen LogP contribution is 2.24. The van der Waals surface area contributed by atoms with Gasteiger partial charge in [0.25, 0.3) is 5.91 Å². The number of hydrogen-bond donors (Lipinski definition) is 1. The van der Waals surface area contributed by atoms with Gasteiger partial charge in [0.15, 0.2) is 9.84 Å². The molecule has 2 saturated heterocycles. The normalized spacial score (nSPS) is 22.5. The van der Waals surface area contributed by atoms with Gasteiger partial charge in [-0.1, -0.05) is 11.6 Å². The summed E-state index contributed by atoms with van der Waals surface area (Å²) in [6, 6.07) is 4.48. The molecule has 2 heterocycles. The summed E-state index contributed by atoms with van der Waals surface area (Å²) in [5, 5.41) is 3.07. The lowest BCUT2D eigenvalue weighted by atomic mass is 9.96. The van der Waals surface area contributed by atoms with Crippen LogP contribution >= 0.6 is 11.6 Å². The summed E-state index contributed by atoms with van der Waals surface area (Å²) < 4.78 is 34.6. The van der Waals surface area contributed by atoms with Gasteiger partial charge >= 0.3 is 0 Å². The van der Waals surface area contributed by atoms with E-state index in [1.54, 1.807) is 0 Å². The third kappa shape index (κ3) is 5.20. The second kappa shape index (κ2) is 8.87. The highest BCUT2D eigenvalue weighted by molar-refractivity contribution is 7.90. The highest BCUT2D eigenvalue weighted by atomic mass is 35.5. The van der Waals surface area contributed by atoms with Crippen LogP contribution in [-0.4, -0.2) is 77.6 Å². The molecular weight excluding hydrogens is 392 g/mol. The molecule has 0 saturated carbocycles. The molecule has 7 nitrogen and oxygen atoms in total. The van der Waals surface area contributed by atoms with E-state index >= 15 is 0 Å². The van der Waals surface area contributed by atoms with Crippen molar-refractivity contribution in [3.05, 3.63) is 28.8 Å². The molecular formula is C18H25ClN2O5S. The van der Waals surface area contributed by atoms with Gasteiger partial charge in [0.2, 0.25) is 0 Å². The van der Waals surface area contributed by atoms with Gasteiger partial charge in [0.1, 0.15) is 0 Å². The number of sulfone groups is 1.